The molecule has 2 aromatic carbocycles. The van der Waals surface area contributed by atoms with E-state index in [4.69, 9.17) is 4.74 Å². The molecule has 0 saturated carbocycles. The molecule has 132 valence electrons. The van der Waals surface area contributed by atoms with Crippen LogP contribution in [0.1, 0.15) is 18.1 Å². The third-order valence-electron chi connectivity index (χ3n) is 4.61. The maximum absolute atomic E-state index is 12.6. The molecule has 3 rings (SSSR count). The number of aryl methyl sites for hydroxylation is 1. The van der Waals surface area contributed by atoms with Crippen LogP contribution in [0.25, 0.3) is 0 Å². The van der Waals surface area contributed by atoms with Crippen molar-refractivity contribution in [1.29, 1.82) is 0 Å². The van der Waals surface area contributed by atoms with Gasteiger partial charge in [-0.2, -0.15) is 0 Å². The molecular formula is C21H26N2O2. The van der Waals surface area contributed by atoms with Crippen LogP contribution in [0.3, 0.4) is 0 Å². The first kappa shape index (κ1) is 17.5. The topological polar surface area (TPSA) is 32.8 Å². The van der Waals surface area contributed by atoms with E-state index in [0.717, 1.165) is 38.5 Å². The van der Waals surface area contributed by atoms with E-state index >= 15 is 0 Å². The highest BCUT2D eigenvalue weighted by Crippen LogP contribution is 2.15. The van der Waals surface area contributed by atoms with Crippen LogP contribution < -0.4 is 4.74 Å². The summed E-state index contributed by atoms with van der Waals surface area (Å²) in [5, 5.41) is 0. The highest BCUT2D eigenvalue weighted by molar-refractivity contribution is 5.81. The van der Waals surface area contributed by atoms with Crippen LogP contribution in [-0.2, 0) is 11.3 Å². The predicted octanol–water partition coefficient (Wildman–Crippen LogP) is 3.11. The van der Waals surface area contributed by atoms with Crippen molar-refractivity contribution in [3.8, 4) is 5.75 Å². The van der Waals surface area contributed by atoms with Crippen molar-refractivity contribution in [2.24, 2.45) is 0 Å². The van der Waals surface area contributed by atoms with Crippen LogP contribution in [0, 0.1) is 6.92 Å². The number of benzene rings is 2. The second-order valence-electron chi connectivity index (χ2n) is 6.66. The molecule has 4 heteroatoms. The second kappa shape index (κ2) is 8.17. The summed E-state index contributed by atoms with van der Waals surface area (Å²) in [7, 11) is 0. The first-order chi connectivity index (χ1) is 12.1. The Bertz CT molecular complexity index is 677. The third kappa shape index (κ3) is 4.83. The molecule has 1 aliphatic heterocycles. The zero-order chi connectivity index (χ0) is 17.6. The Labute approximate surface area is 150 Å². The Hall–Kier alpha value is -2.33. The van der Waals surface area contributed by atoms with Crippen LogP contribution >= 0.6 is 0 Å². The average Bonchev–Trinajstić information content (AvgIpc) is 2.64. The second-order valence-corrected chi connectivity index (χ2v) is 6.66. The van der Waals surface area contributed by atoms with Crippen molar-refractivity contribution in [3.05, 3.63) is 65.7 Å². The summed E-state index contributed by atoms with van der Waals surface area (Å²) in [6, 6.07) is 18.3. The summed E-state index contributed by atoms with van der Waals surface area (Å²) in [6.07, 6.45) is -0.455. The molecule has 4 nitrogen and oxygen atoms in total. The third-order valence-corrected chi connectivity index (χ3v) is 4.61. The molecule has 25 heavy (non-hydrogen) atoms. The molecule has 1 fully saturated rings. The number of nitrogens with zero attached hydrogens (tertiary/aromatic N) is 2. The Morgan fingerprint density at radius 1 is 1.00 bits per heavy atom. The van der Waals surface area contributed by atoms with Gasteiger partial charge in [0, 0.05) is 32.7 Å². The van der Waals surface area contributed by atoms with E-state index in [9.17, 15) is 4.79 Å². The van der Waals surface area contributed by atoms with Crippen molar-refractivity contribution in [3.63, 3.8) is 0 Å². The largest absolute Gasteiger partial charge is 0.481 e. The SMILES string of the molecule is Cc1ccc(OC(C)C(=O)N2CCN(Cc3ccccc3)CC2)cc1. The normalized spacial score (nSPS) is 16.5. The number of carbonyl (C=O) groups is 1. The van der Waals surface area contributed by atoms with Gasteiger partial charge in [-0.05, 0) is 31.5 Å². The van der Waals surface area contributed by atoms with E-state index in [0.29, 0.717) is 0 Å². The number of carbonyl (C=O) groups excluding carboxylic acids is 1. The lowest BCUT2D eigenvalue weighted by Crippen LogP contribution is -2.51. The van der Waals surface area contributed by atoms with Crippen molar-refractivity contribution in [2.45, 2.75) is 26.5 Å². The molecule has 0 aromatic heterocycles. The maximum Gasteiger partial charge on any atom is 0.263 e. The van der Waals surface area contributed by atoms with Crippen molar-refractivity contribution < 1.29 is 9.53 Å². The summed E-state index contributed by atoms with van der Waals surface area (Å²) in [5.41, 5.74) is 2.50. The summed E-state index contributed by atoms with van der Waals surface area (Å²) < 4.78 is 5.80. The minimum atomic E-state index is -0.455. The Morgan fingerprint density at radius 2 is 1.64 bits per heavy atom. The number of ether oxygens (including phenoxy) is 1. The molecule has 0 N–H and O–H groups in total. The molecule has 1 unspecified atom stereocenters. The van der Waals surface area contributed by atoms with E-state index in [2.05, 4.69) is 29.2 Å². The van der Waals surface area contributed by atoms with Gasteiger partial charge in [0.2, 0.25) is 0 Å². The molecule has 1 saturated heterocycles. The number of amides is 1. The molecule has 1 aliphatic rings. The molecule has 0 spiro atoms. The van der Waals surface area contributed by atoms with E-state index in [1.807, 2.05) is 49.1 Å². The van der Waals surface area contributed by atoms with Gasteiger partial charge in [0.15, 0.2) is 6.10 Å². The highest BCUT2D eigenvalue weighted by Gasteiger charge is 2.26. The molecule has 2 aromatic rings. The zero-order valence-electron chi connectivity index (χ0n) is 15.0. The molecule has 1 atom stereocenters. The number of hydrogen-bond donors (Lipinski definition) is 0. The average molecular weight is 338 g/mol. The highest BCUT2D eigenvalue weighted by atomic mass is 16.5. The quantitative estimate of drug-likeness (QED) is 0.840. The van der Waals surface area contributed by atoms with Crippen LogP contribution in [0.4, 0.5) is 0 Å². The van der Waals surface area contributed by atoms with Gasteiger partial charge in [0.25, 0.3) is 5.91 Å². The van der Waals surface area contributed by atoms with Gasteiger partial charge in [-0.25, -0.2) is 0 Å². The number of hydrogen-bond acceptors (Lipinski definition) is 3. The van der Waals surface area contributed by atoms with Gasteiger partial charge in [0.05, 0.1) is 0 Å². The van der Waals surface area contributed by atoms with Gasteiger partial charge in [-0.15, -0.1) is 0 Å². The van der Waals surface area contributed by atoms with E-state index in [1.165, 1.54) is 11.1 Å². The minimum absolute atomic E-state index is 0.0694. The monoisotopic (exact) mass is 338 g/mol. The smallest absolute Gasteiger partial charge is 0.263 e. The van der Waals surface area contributed by atoms with Gasteiger partial charge in [0.1, 0.15) is 5.75 Å². The lowest BCUT2D eigenvalue weighted by atomic mass is 10.2. The first-order valence-electron chi connectivity index (χ1n) is 8.90. The fourth-order valence-electron chi connectivity index (χ4n) is 3.10. The standard InChI is InChI=1S/C21H26N2O2/c1-17-8-10-20(11-9-17)25-18(2)21(24)23-14-12-22(13-15-23)16-19-6-4-3-5-7-19/h3-11,18H,12-16H2,1-2H3. The van der Waals surface area contributed by atoms with E-state index < -0.39 is 6.10 Å². The van der Waals surface area contributed by atoms with Crippen LogP contribution in [0.5, 0.6) is 5.75 Å². The van der Waals surface area contributed by atoms with Gasteiger partial charge in [-0.1, -0.05) is 48.0 Å². The van der Waals surface area contributed by atoms with Crippen molar-refractivity contribution in [2.75, 3.05) is 26.2 Å². The van der Waals surface area contributed by atoms with Crippen molar-refractivity contribution >= 4 is 5.91 Å². The van der Waals surface area contributed by atoms with Gasteiger partial charge in [-0.3, -0.25) is 9.69 Å². The Kier molecular flexibility index (Phi) is 5.71. The number of rotatable bonds is 5. The lowest BCUT2D eigenvalue weighted by Gasteiger charge is -2.35. The van der Waals surface area contributed by atoms with Gasteiger partial charge < -0.3 is 9.64 Å². The molecule has 1 amide bonds. The van der Waals surface area contributed by atoms with Crippen LogP contribution in [-0.4, -0.2) is 48.0 Å². The van der Waals surface area contributed by atoms with E-state index in [1.54, 1.807) is 0 Å². The minimum Gasteiger partial charge on any atom is -0.481 e. The summed E-state index contributed by atoms with van der Waals surface area (Å²) >= 11 is 0. The maximum atomic E-state index is 12.6. The Balaban J connectivity index is 1.48. The van der Waals surface area contributed by atoms with Gasteiger partial charge >= 0.3 is 0 Å². The first-order valence-corrected chi connectivity index (χ1v) is 8.90. The summed E-state index contributed by atoms with van der Waals surface area (Å²) in [6.45, 7) is 8.13. The molecule has 1 heterocycles. The number of piperazine rings is 1. The van der Waals surface area contributed by atoms with Crippen LogP contribution in [0.2, 0.25) is 0 Å². The Morgan fingerprint density at radius 3 is 2.28 bits per heavy atom. The molecular weight excluding hydrogens is 312 g/mol. The molecule has 0 radical (unpaired) electrons. The predicted molar refractivity (Wildman–Crippen MR) is 99.6 cm³/mol. The zero-order valence-corrected chi connectivity index (χ0v) is 15.0. The summed E-state index contributed by atoms with van der Waals surface area (Å²) in [5.74, 6) is 0.814. The summed E-state index contributed by atoms with van der Waals surface area (Å²) in [4.78, 5) is 16.9. The molecule has 0 aliphatic carbocycles. The van der Waals surface area contributed by atoms with Crippen molar-refractivity contribution in [1.82, 2.24) is 9.80 Å². The van der Waals surface area contributed by atoms with E-state index in [-0.39, 0.29) is 5.91 Å². The fourth-order valence-corrected chi connectivity index (χ4v) is 3.10. The molecule has 0 bridgehead atoms. The van der Waals surface area contributed by atoms with Crippen LogP contribution in [0.15, 0.2) is 54.6 Å². The lowest BCUT2D eigenvalue weighted by molar-refractivity contribution is -0.139. The fraction of sp³-hybridized carbons (Fsp3) is 0.381.